The summed E-state index contributed by atoms with van der Waals surface area (Å²) >= 11 is 0. The summed E-state index contributed by atoms with van der Waals surface area (Å²) in [6, 6.07) is 20.0. The third-order valence-electron chi connectivity index (χ3n) is 5.37. The molecule has 0 bridgehead atoms. The van der Waals surface area contributed by atoms with Gasteiger partial charge in [-0.05, 0) is 65.8 Å². The number of pyridine rings is 1. The molecule has 1 aromatic heterocycles. The molecule has 4 rings (SSSR count). The van der Waals surface area contributed by atoms with Crippen molar-refractivity contribution in [3.63, 3.8) is 0 Å². The summed E-state index contributed by atoms with van der Waals surface area (Å²) in [4.78, 5) is 13.0. The summed E-state index contributed by atoms with van der Waals surface area (Å²) in [5.41, 5.74) is 7.00. The summed E-state index contributed by atoms with van der Waals surface area (Å²) in [6.07, 6.45) is 8.37. The van der Waals surface area contributed by atoms with Crippen LogP contribution in [0, 0.1) is 0 Å². The minimum absolute atomic E-state index is 0.0285. The molecule has 1 aliphatic carbocycles. The number of carbonyl (C=O) groups is 1. The topological polar surface area (TPSA) is 71.4 Å². The molecule has 3 N–H and O–H groups in total. The van der Waals surface area contributed by atoms with Crippen LogP contribution in [0.2, 0.25) is 0 Å². The maximum Gasteiger partial charge on any atom is 0.251 e. The largest absolute Gasteiger partial charge is 0.323 e. The number of hydrazone groups is 1. The molecular formula is C25H25N4O+. The summed E-state index contributed by atoms with van der Waals surface area (Å²) in [5, 5.41) is 6.66. The third-order valence-corrected chi connectivity index (χ3v) is 5.37. The van der Waals surface area contributed by atoms with E-state index in [0.29, 0.717) is 0 Å². The number of hydrogen-bond acceptors (Lipinski definition) is 3. The van der Waals surface area contributed by atoms with E-state index in [1.165, 1.54) is 0 Å². The van der Waals surface area contributed by atoms with Gasteiger partial charge >= 0.3 is 0 Å². The van der Waals surface area contributed by atoms with Crippen LogP contribution in [0.1, 0.15) is 30.4 Å². The zero-order chi connectivity index (χ0) is 20.9. The van der Waals surface area contributed by atoms with Crippen LogP contribution in [0.3, 0.4) is 0 Å². The Balaban J connectivity index is 1.54. The molecular weight excluding hydrogens is 372 g/mol. The quantitative estimate of drug-likeness (QED) is 0.295. The molecule has 0 saturated carbocycles. The van der Waals surface area contributed by atoms with Crippen LogP contribution in [-0.4, -0.2) is 12.1 Å². The molecule has 1 amide bonds. The number of benzene rings is 2. The Morgan fingerprint density at radius 1 is 1.03 bits per heavy atom. The van der Waals surface area contributed by atoms with Gasteiger partial charge in [0.25, 0.3) is 5.91 Å². The van der Waals surface area contributed by atoms with Crippen LogP contribution >= 0.6 is 0 Å². The van der Waals surface area contributed by atoms with E-state index in [0.717, 1.165) is 58.3 Å². The van der Waals surface area contributed by atoms with E-state index in [1.807, 2.05) is 72.4 Å². The van der Waals surface area contributed by atoms with Crippen molar-refractivity contribution in [3.8, 4) is 11.1 Å². The Labute approximate surface area is 176 Å². The lowest BCUT2D eigenvalue weighted by Gasteiger charge is -2.10. The molecule has 30 heavy (non-hydrogen) atoms. The number of nitrogens with one attached hydrogen (secondary N) is 1. The van der Waals surface area contributed by atoms with Crippen LogP contribution in [0.25, 0.3) is 16.7 Å². The molecule has 0 unspecified atom stereocenters. The van der Waals surface area contributed by atoms with Crippen molar-refractivity contribution in [3.05, 3.63) is 89.8 Å². The maximum atomic E-state index is 13.0. The zero-order valence-corrected chi connectivity index (χ0v) is 17.0. The van der Waals surface area contributed by atoms with E-state index in [-0.39, 0.29) is 5.91 Å². The van der Waals surface area contributed by atoms with Crippen LogP contribution in [0.15, 0.2) is 83.7 Å². The number of nitrogens with two attached hydrogens (primary N) is 1. The average molecular weight is 398 g/mol. The number of rotatable bonds is 5. The van der Waals surface area contributed by atoms with E-state index in [4.69, 9.17) is 5.84 Å². The van der Waals surface area contributed by atoms with Crippen LogP contribution in [0.5, 0.6) is 0 Å². The first kappa shape index (κ1) is 19.6. The van der Waals surface area contributed by atoms with E-state index in [1.54, 1.807) is 6.21 Å². The fraction of sp³-hybridized carbons (Fsp3) is 0.160. The lowest BCUT2D eigenvalue weighted by atomic mass is 9.99. The number of amides is 1. The van der Waals surface area contributed by atoms with Crippen LogP contribution in [0.4, 0.5) is 5.69 Å². The van der Waals surface area contributed by atoms with Gasteiger partial charge < -0.3 is 11.2 Å². The highest BCUT2D eigenvalue weighted by atomic mass is 16.1. The summed E-state index contributed by atoms with van der Waals surface area (Å²) in [7, 11) is 2.00. The number of aromatic nitrogens is 1. The Morgan fingerprint density at radius 3 is 2.60 bits per heavy atom. The first-order valence-electron chi connectivity index (χ1n) is 10.1. The fourth-order valence-corrected chi connectivity index (χ4v) is 3.92. The average Bonchev–Trinajstić information content (AvgIpc) is 3.25. The standard InChI is InChI=1S/C25H24N4O/c1-29-14-4-7-21(17-29)19-10-12-22(13-11-19)28-25(30)24-9-3-8-23(24)20-6-2-5-18(15-20)16-27-26/h2,4-7,10-17H,3,8-9,26H2,1H3/p+1. The SMILES string of the molecule is C[n+]1cccc(-c2ccc(NC(=O)C3=C(c4cccc(C=NN)c4)CCC3)cc2)c1. The van der Waals surface area contributed by atoms with Crippen molar-refractivity contribution in [1.82, 2.24) is 0 Å². The lowest BCUT2D eigenvalue weighted by molar-refractivity contribution is -0.671. The molecule has 0 radical (unpaired) electrons. The predicted molar refractivity (Wildman–Crippen MR) is 121 cm³/mol. The minimum Gasteiger partial charge on any atom is -0.323 e. The van der Waals surface area contributed by atoms with Crippen molar-refractivity contribution in [2.45, 2.75) is 19.3 Å². The molecule has 5 nitrogen and oxygen atoms in total. The number of hydrogen-bond donors (Lipinski definition) is 2. The van der Waals surface area contributed by atoms with Gasteiger partial charge in [-0.25, -0.2) is 4.57 Å². The van der Waals surface area contributed by atoms with Gasteiger partial charge in [0.05, 0.1) is 6.21 Å². The normalized spacial score (nSPS) is 13.8. The summed E-state index contributed by atoms with van der Waals surface area (Å²) in [5.74, 6) is 5.24. The number of nitrogens with zero attached hydrogens (tertiary/aromatic N) is 2. The number of allylic oxidation sites excluding steroid dienone is 1. The minimum atomic E-state index is -0.0285. The lowest BCUT2D eigenvalue weighted by Crippen LogP contribution is -2.26. The molecule has 2 aromatic carbocycles. The molecule has 0 saturated heterocycles. The van der Waals surface area contributed by atoms with Crippen molar-refractivity contribution in [1.29, 1.82) is 0 Å². The molecule has 1 heterocycles. The molecule has 0 atom stereocenters. The predicted octanol–water partition coefficient (Wildman–Crippen LogP) is 4.05. The Hall–Kier alpha value is -3.73. The third kappa shape index (κ3) is 4.30. The van der Waals surface area contributed by atoms with Crippen molar-refractivity contribution >= 4 is 23.4 Å². The molecule has 0 aliphatic heterocycles. The second kappa shape index (κ2) is 8.74. The Morgan fingerprint density at radius 2 is 1.83 bits per heavy atom. The number of aryl methyl sites for hydroxylation is 1. The van der Waals surface area contributed by atoms with E-state index in [9.17, 15) is 4.79 Å². The van der Waals surface area contributed by atoms with Crippen LogP contribution < -0.4 is 15.7 Å². The Bertz CT molecular complexity index is 1130. The zero-order valence-electron chi connectivity index (χ0n) is 17.0. The molecule has 150 valence electrons. The number of anilines is 1. The molecule has 5 heteroatoms. The monoisotopic (exact) mass is 397 g/mol. The highest BCUT2D eigenvalue weighted by Gasteiger charge is 2.22. The highest BCUT2D eigenvalue weighted by Crippen LogP contribution is 2.35. The van der Waals surface area contributed by atoms with Gasteiger partial charge in [-0.3, -0.25) is 4.79 Å². The van der Waals surface area contributed by atoms with Gasteiger partial charge in [0.2, 0.25) is 0 Å². The number of carbonyl (C=O) groups excluding carboxylic acids is 1. The van der Waals surface area contributed by atoms with E-state index >= 15 is 0 Å². The second-order valence-corrected chi connectivity index (χ2v) is 7.50. The second-order valence-electron chi connectivity index (χ2n) is 7.50. The van der Waals surface area contributed by atoms with E-state index < -0.39 is 0 Å². The Kier molecular flexibility index (Phi) is 5.70. The first-order chi connectivity index (χ1) is 14.6. The van der Waals surface area contributed by atoms with Gasteiger partial charge in [-0.1, -0.05) is 30.3 Å². The first-order valence-corrected chi connectivity index (χ1v) is 10.1. The maximum absolute atomic E-state index is 13.0. The van der Waals surface area contributed by atoms with Crippen molar-refractivity contribution in [2.24, 2.45) is 18.0 Å². The van der Waals surface area contributed by atoms with Gasteiger partial charge in [0.1, 0.15) is 7.05 Å². The smallest absolute Gasteiger partial charge is 0.251 e. The summed E-state index contributed by atoms with van der Waals surface area (Å²) in [6.45, 7) is 0. The molecule has 3 aromatic rings. The highest BCUT2D eigenvalue weighted by molar-refractivity contribution is 6.09. The van der Waals surface area contributed by atoms with E-state index in [2.05, 4.69) is 22.7 Å². The van der Waals surface area contributed by atoms with Crippen molar-refractivity contribution in [2.75, 3.05) is 5.32 Å². The molecule has 0 fully saturated rings. The molecule has 0 spiro atoms. The van der Waals surface area contributed by atoms with Gasteiger partial charge in [-0.15, -0.1) is 0 Å². The molecule has 1 aliphatic rings. The van der Waals surface area contributed by atoms with Gasteiger partial charge in [0.15, 0.2) is 12.4 Å². The van der Waals surface area contributed by atoms with Crippen LogP contribution in [-0.2, 0) is 11.8 Å². The van der Waals surface area contributed by atoms with Gasteiger partial charge in [-0.2, -0.15) is 5.10 Å². The van der Waals surface area contributed by atoms with Crippen molar-refractivity contribution < 1.29 is 9.36 Å². The fourth-order valence-electron chi connectivity index (χ4n) is 3.92. The summed E-state index contributed by atoms with van der Waals surface area (Å²) < 4.78 is 2.02. The van der Waals surface area contributed by atoms with Gasteiger partial charge in [0, 0.05) is 22.9 Å².